The molecule has 0 bridgehead atoms. The van der Waals surface area contributed by atoms with Gasteiger partial charge in [-0.2, -0.15) is 0 Å². The second kappa shape index (κ2) is 3.90. The second-order valence-electron chi connectivity index (χ2n) is 2.52. The smallest absolute Gasteiger partial charge is 0.327 e. The summed E-state index contributed by atoms with van der Waals surface area (Å²) in [5.41, 5.74) is -0.993. The van der Waals surface area contributed by atoms with Crippen LogP contribution in [0.15, 0.2) is 15.7 Å². The van der Waals surface area contributed by atoms with Crippen molar-refractivity contribution in [2.24, 2.45) is 0 Å². The van der Waals surface area contributed by atoms with Crippen molar-refractivity contribution >= 4 is 5.82 Å². The minimum Gasteiger partial charge on any atom is -0.362 e. The summed E-state index contributed by atoms with van der Waals surface area (Å²) in [5, 5.41) is 2.78. The van der Waals surface area contributed by atoms with Gasteiger partial charge in [-0.15, -0.1) is 0 Å². The van der Waals surface area contributed by atoms with E-state index in [-0.39, 0.29) is 6.23 Å². The number of hydrogen-bond donors (Lipinski definition) is 3. The molecule has 0 aliphatic rings. The molecule has 0 aliphatic heterocycles. The van der Waals surface area contributed by atoms with Gasteiger partial charge in [-0.25, -0.2) is 4.79 Å². The van der Waals surface area contributed by atoms with Crippen LogP contribution in [-0.2, 0) is 4.74 Å². The van der Waals surface area contributed by atoms with Crippen LogP contribution in [0.3, 0.4) is 0 Å². The summed E-state index contributed by atoms with van der Waals surface area (Å²) < 4.78 is 4.89. The zero-order chi connectivity index (χ0) is 9.84. The van der Waals surface area contributed by atoms with E-state index < -0.39 is 11.2 Å². The number of anilines is 1. The summed E-state index contributed by atoms with van der Waals surface area (Å²) in [6.45, 7) is 1.75. The largest absolute Gasteiger partial charge is 0.362 e. The molecule has 1 atom stereocenters. The zero-order valence-corrected chi connectivity index (χ0v) is 7.38. The molecule has 0 amide bonds. The summed E-state index contributed by atoms with van der Waals surface area (Å²) in [5.74, 6) is 0.336. The van der Waals surface area contributed by atoms with E-state index in [1.807, 2.05) is 0 Å². The van der Waals surface area contributed by atoms with Crippen LogP contribution in [0.25, 0.3) is 0 Å². The predicted molar refractivity (Wildman–Crippen MR) is 47.8 cm³/mol. The second-order valence-corrected chi connectivity index (χ2v) is 2.52. The summed E-state index contributed by atoms with van der Waals surface area (Å²) >= 11 is 0. The third kappa shape index (κ3) is 2.75. The predicted octanol–water partition coefficient (Wildman–Crippen LogP) is -0.533. The van der Waals surface area contributed by atoms with Gasteiger partial charge in [0.1, 0.15) is 12.0 Å². The van der Waals surface area contributed by atoms with Crippen molar-refractivity contribution in [1.82, 2.24) is 9.97 Å². The molecular weight excluding hydrogens is 174 g/mol. The van der Waals surface area contributed by atoms with Crippen LogP contribution >= 0.6 is 0 Å². The standard InChI is InChI=1S/C7H11N3O3/c1-4(13-2)8-5-3-6(11)10-7(12)9-5/h3-4H,1-2H3,(H3,8,9,10,11,12). The number of ether oxygens (including phenoxy) is 1. The maximum absolute atomic E-state index is 10.8. The Morgan fingerprint density at radius 2 is 2.15 bits per heavy atom. The van der Waals surface area contributed by atoms with Crippen LogP contribution in [0.4, 0.5) is 5.82 Å². The Hall–Kier alpha value is -1.56. The van der Waals surface area contributed by atoms with Crippen LogP contribution in [0, 0.1) is 0 Å². The Morgan fingerprint density at radius 1 is 1.46 bits per heavy atom. The van der Waals surface area contributed by atoms with Crippen LogP contribution in [-0.4, -0.2) is 23.3 Å². The molecule has 0 aromatic carbocycles. The lowest BCUT2D eigenvalue weighted by molar-refractivity contribution is 0.140. The van der Waals surface area contributed by atoms with Crippen molar-refractivity contribution in [1.29, 1.82) is 0 Å². The van der Waals surface area contributed by atoms with E-state index in [9.17, 15) is 9.59 Å². The molecule has 0 radical (unpaired) electrons. The van der Waals surface area contributed by atoms with E-state index in [0.717, 1.165) is 0 Å². The van der Waals surface area contributed by atoms with E-state index in [1.165, 1.54) is 13.2 Å². The van der Waals surface area contributed by atoms with Crippen molar-refractivity contribution < 1.29 is 4.74 Å². The number of methoxy groups -OCH3 is 1. The summed E-state index contributed by atoms with van der Waals surface area (Å²) in [4.78, 5) is 26.1. The monoisotopic (exact) mass is 185 g/mol. The summed E-state index contributed by atoms with van der Waals surface area (Å²) in [6, 6.07) is 1.25. The van der Waals surface area contributed by atoms with Gasteiger partial charge in [-0.3, -0.25) is 14.8 Å². The molecule has 1 rings (SSSR count). The number of H-pyrrole nitrogens is 2. The molecule has 13 heavy (non-hydrogen) atoms. The Bertz CT molecular complexity index is 353. The molecule has 6 nitrogen and oxygen atoms in total. The first-order valence-corrected chi connectivity index (χ1v) is 3.75. The first-order chi connectivity index (χ1) is 6.11. The molecule has 6 heteroatoms. The van der Waals surface area contributed by atoms with Gasteiger partial charge in [0.05, 0.1) is 0 Å². The quantitative estimate of drug-likeness (QED) is 0.552. The molecule has 0 saturated heterocycles. The summed E-state index contributed by atoms with van der Waals surface area (Å²) in [6.07, 6.45) is -0.266. The number of aromatic amines is 2. The molecule has 72 valence electrons. The molecule has 1 heterocycles. The lowest BCUT2D eigenvalue weighted by Gasteiger charge is -2.11. The van der Waals surface area contributed by atoms with Gasteiger partial charge in [0.2, 0.25) is 0 Å². The summed E-state index contributed by atoms with van der Waals surface area (Å²) in [7, 11) is 1.52. The first-order valence-electron chi connectivity index (χ1n) is 3.75. The molecule has 1 aromatic rings. The zero-order valence-electron chi connectivity index (χ0n) is 7.38. The highest BCUT2D eigenvalue weighted by atomic mass is 16.5. The Labute approximate surface area is 74.0 Å². The van der Waals surface area contributed by atoms with Crippen molar-refractivity contribution in [2.45, 2.75) is 13.2 Å². The average molecular weight is 185 g/mol. The fraction of sp³-hybridized carbons (Fsp3) is 0.429. The van der Waals surface area contributed by atoms with Crippen molar-refractivity contribution in [2.75, 3.05) is 12.4 Å². The Balaban J connectivity index is 2.90. The van der Waals surface area contributed by atoms with E-state index in [4.69, 9.17) is 4.74 Å². The topological polar surface area (TPSA) is 87.0 Å². The minimum atomic E-state index is -0.543. The van der Waals surface area contributed by atoms with E-state index in [1.54, 1.807) is 6.92 Å². The molecular formula is C7H11N3O3. The number of rotatable bonds is 3. The van der Waals surface area contributed by atoms with Crippen LogP contribution in [0.5, 0.6) is 0 Å². The molecule has 0 spiro atoms. The fourth-order valence-corrected chi connectivity index (χ4v) is 0.824. The maximum atomic E-state index is 10.8. The average Bonchev–Trinajstić information content (AvgIpc) is 2.02. The van der Waals surface area contributed by atoms with Crippen molar-refractivity contribution in [3.63, 3.8) is 0 Å². The van der Waals surface area contributed by atoms with Crippen LogP contribution in [0.1, 0.15) is 6.92 Å². The van der Waals surface area contributed by atoms with E-state index in [0.29, 0.717) is 5.82 Å². The fourth-order valence-electron chi connectivity index (χ4n) is 0.824. The number of aromatic nitrogens is 2. The van der Waals surface area contributed by atoms with Crippen LogP contribution in [0.2, 0.25) is 0 Å². The third-order valence-electron chi connectivity index (χ3n) is 1.47. The van der Waals surface area contributed by atoms with Crippen molar-refractivity contribution in [3.8, 4) is 0 Å². The SMILES string of the molecule is COC(C)Nc1cc(=O)[nH]c(=O)[nH]1. The highest BCUT2D eigenvalue weighted by Gasteiger charge is 2.00. The van der Waals surface area contributed by atoms with Gasteiger partial charge >= 0.3 is 5.69 Å². The van der Waals surface area contributed by atoms with E-state index in [2.05, 4.69) is 15.3 Å². The normalized spacial score (nSPS) is 12.5. The molecule has 1 aromatic heterocycles. The van der Waals surface area contributed by atoms with Gasteiger partial charge < -0.3 is 10.1 Å². The number of hydrogen-bond acceptors (Lipinski definition) is 4. The molecule has 3 N–H and O–H groups in total. The minimum absolute atomic E-state index is 0.266. The van der Waals surface area contributed by atoms with Gasteiger partial charge in [0.25, 0.3) is 5.56 Å². The van der Waals surface area contributed by atoms with Crippen LogP contribution < -0.4 is 16.6 Å². The maximum Gasteiger partial charge on any atom is 0.327 e. The van der Waals surface area contributed by atoms with Gasteiger partial charge in [0.15, 0.2) is 0 Å². The van der Waals surface area contributed by atoms with Gasteiger partial charge in [-0.05, 0) is 6.92 Å². The molecule has 1 unspecified atom stereocenters. The molecule has 0 aliphatic carbocycles. The highest BCUT2D eigenvalue weighted by molar-refractivity contribution is 5.31. The molecule has 0 fully saturated rings. The Morgan fingerprint density at radius 3 is 2.69 bits per heavy atom. The van der Waals surface area contributed by atoms with E-state index >= 15 is 0 Å². The first kappa shape index (κ1) is 9.53. The lowest BCUT2D eigenvalue weighted by Crippen LogP contribution is -2.26. The highest BCUT2D eigenvalue weighted by Crippen LogP contribution is 1.96. The third-order valence-corrected chi connectivity index (χ3v) is 1.47. The van der Waals surface area contributed by atoms with Gasteiger partial charge in [-0.1, -0.05) is 0 Å². The number of nitrogens with one attached hydrogen (secondary N) is 3. The van der Waals surface area contributed by atoms with Gasteiger partial charge in [0, 0.05) is 13.2 Å². The Kier molecular flexibility index (Phi) is 2.86. The lowest BCUT2D eigenvalue weighted by atomic mass is 10.5. The van der Waals surface area contributed by atoms with Crippen molar-refractivity contribution in [3.05, 3.63) is 26.9 Å². The molecule has 0 saturated carbocycles.